The standard InChI is InChI=1S/C49H31N3O/c1-49(2)40-19-8-5-14-31(40)34-24-23-29-26-42-39(27-38(29)44(34)49)32-15-6-9-20-41(32)52(42)48-50-45-30-13-4-3-12-28(30)22-25-36(45)46(51-48)37-18-11-17-35-33-16-7-10-21-43(33)53-47(35)37/h3-27H,1-2H3. The Hall–Kier alpha value is -6.78. The lowest BCUT2D eigenvalue weighted by Gasteiger charge is -2.23. The summed E-state index contributed by atoms with van der Waals surface area (Å²) in [5, 5.41) is 10.3. The molecule has 3 heterocycles. The summed E-state index contributed by atoms with van der Waals surface area (Å²) < 4.78 is 8.87. The van der Waals surface area contributed by atoms with Crippen molar-refractivity contribution in [2.75, 3.05) is 0 Å². The van der Waals surface area contributed by atoms with Crippen LogP contribution in [0.15, 0.2) is 156 Å². The molecule has 4 heteroatoms. The van der Waals surface area contributed by atoms with Crippen LogP contribution in [0.2, 0.25) is 0 Å². The number of nitrogens with zero attached hydrogens (tertiary/aromatic N) is 3. The van der Waals surface area contributed by atoms with Crippen molar-refractivity contribution in [2.45, 2.75) is 19.3 Å². The molecule has 0 bridgehead atoms. The van der Waals surface area contributed by atoms with Gasteiger partial charge in [-0.05, 0) is 74.8 Å². The first-order valence-corrected chi connectivity index (χ1v) is 18.3. The highest BCUT2D eigenvalue weighted by Gasteiger charge is 2.36. The highest BCUT2D eigenvalue weighted by Crippen LogP contribution is 2.52. The van der Waals surface area contributed by atoms with Gasteiger partial charge in [-0.15, -0.1) is 0 Å². The van der Waals surface area contributed by atoms with Gasteiger partial charge in [0.05, 0.1) is 22.2 Å². The zero-order chi connectivity index (χ0) is 35.0. The van der Waals surface area contributed by atoms with Crippen LogP contribution >= 0.6 is 0 Å². The van der Waals surface area contributed by atoms with E-state index in [2.05, 4.69) is 158 Å². The van der Waals surface area contributed by atoms with Crippen LogP contribution in [0, 0.1) is 0 Å². The molecule has 3 aromatic heterocycles. The van der Waals surface area contributed by atoms with Gasteiger partial charge in [0, 0.05) is 43.3 Å². The lowest BCUT2D eigenvalue weighted by atomic mass is 9.80. The maximum absolute atomic E-state index is 6.60. The average Bonchev–Trinajstić information content (AvgIpc) is 3.82. The fourth-order valence-corrected chi connectivity index (χ4v) is 9.39. The minimum Gasteiger partial charge on any atom is -0.455 e. The minimum atomic E-state index is -0.118. The summed E-state index contributed by atoms with van der Waals surface area (Å²) in [7, 11) is 0. The molecule has 0 N–H and O–H groups in total. The second-order valence-corrected chi connectivity index (χ2v) is 14.9. The molecule has 1 aliphatic rings. The maximum Gasteiger partial charge on any atom is 0.235 e. The Morgan fingerprint density at radius 3 is 2.15 bits per heavy atom. The third-order valence-corrected chi connectivity index (χ3v) is 11.8. The van der Waals surface area contributed by atoms with Gasteiger partial charge in [-0.25, -0.2) is 9.97 Å². The average molecular weight is 678 g/mol. The van der Waals surface area contributed by atoms with Gasteiger partial charge < -0.3 is 4.42 Å². The van der Waals surface area contributed by atoms with Crippen molar-refractivity contribution in [3.63, 3.8) is 0 Å². The highest BCUT2D eigenvalue weighted by atomic mass is 16.3. The molecule has 0 atom stereocenters. The first kappa shape index (κ1) is 28.9. The molecule has 0 fully saturated rings. The topological polar surface area (TPSA) is 43.9 Å². The summed E-state index contributed by atoms with van der Waals surface area (Å²) in [6.07, 6.45) is 0. The molecule has 53 heavy (non-hydrogen) atoms. The summed E-state index contributed by atoms with van der Waals surface area (Å²) in [4.78, 5) is 11.0. The molecule has 11 aromatic rings. The lowest BCUT2D eigenvalue weighted by molar-refractivity contribution is 0.666. The first-order chi connectivity index (χ1) is 26.0. The van der Waals surface area contributed by atoms with Gasteiger partial charge in [0.1, 0.15) is 11.2 Å². The minimum absolute atomic E-state index is 0.118. The zero-order valence-corrected chi connectivity index (χ0v) is 29.2. The molecule has 12 rings (SSSR count). The molecule has 4 nitrogen and oxygen atoms in total. The van der Waals surface area contributed by atoms with Crippen LogP contribution in [0.1, 0.15) is 25.0 Å². The molecular weight excluding hydrogens is 647 g/mol. The summed E-state index contributed by atoms with van der Waals surface area (Å²) in [5.74, 6) is 0.636. The van der Waals surface area contributed by atoms with Crippen molar-refractivity contribution in [2.24, 2.45) is 0 Å². The fourth-order valence-electron chi connectivity index (χ4n) is 9.39. The van der Waals surface area contributed by atoms with Crippen LogP contribution in [-0.2, 0) is 5.41 Å². The van der Waals surface area contributed by atoms with Gasteiger partial charge >= 0.3 is 0 Å². The SMILES string of the molecule is CC1(C)c2ccccc2-c2ccc3cc4c(cc3c21)c1ccccc1n4-c1nc(-c2cccc3c2oc2ccccc23)c2ccc3ccccc3c2n1. The van der Waals surface area contributed by atoms with Crippen LogP contribution in [0.25, 0.3) is 105 Å². The maximum atomic E-state index is 6.60. The van der Waals surface area contributed by atoms with E-state index in [9.17, 15) is 0 Å². The van der Waals surface area contributed by atoms with Crippen molar-refractivity contribution in [1.29, 1.82) is 0 Å². The molecule has 0 saturated heterocycles. The number of aromatic nitrogens is 3. The molecule has 8 aromatic carbocycles. The van der Waals surface area contributed by atoms with Gasteiger partial charge in [0.25, 0.3) is 0 Å². The largest absolute Gasteiger partial charge is 0.455 e. The van der Waals surface area contributed by atoms with Crippen LogP contribution in [-0.4, -0.2) is 14.5 Å². The van der Waals surface area contributed by atoms with Crippen molar-refractivity contribution in [1.82, 2.24) is 14.5 Å². The summed E-state index contributed by atoms with van der Waals surface area (Å²) in [6, 6.07) is 54.4. The quantitative estimate of drug-likeness (QED) is 0.171. The molecule has 248 valence electrons. The Morgan fingerprint density at radius 2 is 1.23 bits per heavy atom. The van der Waals surface area contributed by atoms with E-state index in [1.807, 2.05) is 12.1 Å². The molecular formula is C49H31N3O. The molecule has 0 saturated carbocycles. The molecule has 0 aliphatic heterocycles. The lowest BCUT2D eigenvalue weighted by Crippen LogP contribution is -2.15. The van der Waals surface area contributed by atoms with Crippen molar-refractivity contribution >= 4 is 76.2 Å². The molecule has 1 aliphatic carbocycles. The van der Waals surface area contributed by atoms with Crippen molar-refractivity contribution in [3.05, 3.63) is 163 Å². The van der Waals surface area contributed by atoms with Gasteiger partial charge in [-0.2, -0.15) is 0 Å². The molecule has 0 amide bonds. The van der Waals surface area contributed by atoms with Gasteiger partial charge in [0.2, 0.25) is 5.95 Å². The Balaban J connectivity index is 1.20. The number of fused-ring (bicyclic) bond motifs is 14. The summed E-state index contributed by atoms with van der Waals surface area (Å²) >= 11 is 0. The third-order valence-electron chi connectivity index (χ3n) is 11.8. The zero-order valence-electron chi connectivity index (χ0n) is 29.2. The van der Waals surface area contributed by atoms with E-state index in [0.717, 1.165) is 65.9 Å². The van der Waals surface area contributed by atoms with E-state index in [4.69, 9.17) is 14.4 Å². The monoisotopic (exact) mass is 677 g/mol. The second-order valence-electron chi connectivity index (χ2n) is 14.9. The van der Waals surface area contributed by atoms with E-state index in [1.165, 1.54) is 43.8 Å². The second kappa shape index (κ2) is 10.2. The number of para-hydroxylation sites is 3. The Bertz CT molecular complexity index is 3380. The van der Waals surface area contributed by atoms with Gasteiger partial charge in [-0.1, -0.05) is 129 Å². The number of rotatable bonds is 2. The van der Waals surface area contributed by atoms with Crippen LogP contribution in [0.4, 0.5) is 0 Å². The highest BCUT2D eigenvalue weighted by molar-refractivity contribution is 6.17. The fraction of sp³-hybridized carbons (Fsp3) is 0.0612. The molecule has 0 unspecified atom stereocenters. The summed E-state index contributed by atoms with van der Waals surface area (Å²) in [5.41, 5.74) is 11.9. The van der Waals surface area contributed by atoms with E-state index >= 15 is 0 Å². The Kier molecular flexibility index (Phi) is 5.54. The molecule has 0 spiro atoms. The Morgan fingerprint density at radius 1 is 0.491 bits per heavy atom. The number of furan rings is 1. The predicted molar refractivity (Wildman–Crippen MR) is 219 cm³/mol. The van der Waals surface area contributed by atoms with Gasteiger partial charge in [-0.3, -0.25) is 4.57 Å². The number of benzene rings is 8. The normalized spacial score (nSPS) is 13.6. The van der Waals surface area contributed by atoms with Crippen molar-refractivity contribution < 1.29 is 4.42 Å². The van der Waals surface area contributed by atoms with Gasteiger partial charge in [0.15, 0.2) is 0 Å². The number of hydrogen-bond donors (Lipinski definition) is 0. The number of hydrogen-bond acceptors (Lipinski definition) is 3. The first-order valence-electron chi connectivity index (χ1n) is 18.3. The summed E-state index contributed by atoms with van der Waals surface area (Å²) in [6.45, 7) is 4.73. The van der Waals surface area contributed by atoms with E-state index in [1.54, 1.807) is 0 Å². The predicted octanol–water partition coefficient (Wildman–Crippen LogP) is 12.9. The van der Waals surface area contributed by atoms with E-state index < -0.39 is 0 Å². The third kappa shape index (κ3) is 3.79. The molecule has 0 radical (unpaired) electrons. The van der Waals surface area contributed by atoms with Crippen molar-refractivity contribution in [3.8, 4) is 28.3 Å². The van der Waals surface area contributed by atoms with E-state index in [-0.39, 0.29) is 5.41 Å². The van der Waals surface area contributed by atoms with Crippen LogP contribution in [0.5, 0.6) is 0 Å². The Labute approximate surface area is 304 Å². The van der Waals surface area contributed by atoms with E-state index in [0.29, 0.717) is 5.95 Å². The smallest absolute Gasteiger partial charge is 0.235 e. The van der Waals surface area contributed by atoms with Crippen LogP contribution in [0.3, 0.4) is 0 Å². The van der Waals surface area contributed by atoms with Crippen LogP contribution < -0.4 is 0 Å².